The third-order valence-corrected chi connectivity index (χ3v) is 4.74. The third kappa shape index (κ3) is 2.08. The molecule has 1 heteroatoms. The molecule has 0 amide bonds. The highest BCUT2D eigenvalue weighted by Crippen LogP contribution is 2.51. The maximum Gasteiger partial charge on any atom is 0.0127 e. The largest absolute Gasteiger partial charge is 0.296 e. The SMILES string of the molecule is CCC1CC2(CCC2)CCN1C(C)(C)C. The van der Waals surface area contributed by atoms with Crippen molar-refractivity contribution in [2.24, 2.45) is 5.41 Å². The Morgan fingerprint density at radius 1 is 1.20 bits per heavy atom. The Morgan fingerprint density at radius 3 is 2.27 bits per heavy atom. The Bertz CT molecular complexity index is 222. The monoisotopic (exact) mass is 209 g/mol. The molecule has 2 aliphatic rings. The molecule has 88 valence electrons. The smallest absolute Gasteiger partial charge is 0.0127 e. The Kier molecular flexibility index (Phi) is 2.87. The summed E-state index contributed by atoms with van der Waals surface area (Å²) in [6.07, 6.45) is 8.79. The quantitative estimate of drug-likeness (QED) is 0.634. The summed E-state index contributed by atoms with van der Waals surface area (Å²) < 4.78 is 0. The standard InChI is InChI=1S/C14H27N/c1-5-12-11-14(7-6-8-14)9-10-15(12)13(2,3)4/h12H,5-11H2,1-4H3. The van der Waals surface area contributed by atoms with Crippen molar-refractivity contribution in [2.45, 2.75) is 77.8 Å². The van der Waals surface area contributed by atoms with Crippen molar-refractivity contribution in [1.82, 2.24) is 4.90 Å². The van der Waals surface area contributed by atoms with Crippen molar-refractivity contribution in [3.63, 3.8) is 0 Å². The van der Waals surface area contributed by atoms with Gasteiger partial charge in [0.1, 0.15) is 0 Å². The zero-order valence-corrected chi connectivity index (χ0v) is 11.0. The summed E-state index contributed by atoms with van der Waals surface area (Å²) in [5.41, 5.74) is 1.15. The van der Waals surface area contributed by atoms with Gasteiger partial charge in [0.15, 0.2) is 0 Å². The summed E-state index contributed by atoms with van der Waals surface area (Å²) in [4.78, 5) is 2.75. The average molecular weight is 209 g/mol. The summed E-state index contributed by atoms with van der Waals surface area (Å²) in [7, 11) is 0. The Morgan fingerprint density at radius 2 is 1.87 bits per heavy atom. The molecule has 0 bridgehead atoms. The molecule has 0 aromatic rings. The number of likely N-dealkylation sites (tertiary alicyclic amines) is 1. The van der Waals surface area contributed by atoms with Crippen LogP contribution in [0.4, 0.5) is 0 Å². The minimum atomic E-state index is 0.367. The van der Waals surface area contributed by atoms with E-state index in [1.807, 2.05) is 0 Å². The Balaban J connectivity index is 2.04. The molecule has 1 nitrogen and oxygen atoms in total. The van der Waals surface area contributed by atoms with E-state index in [0.717, 1.165) is 11.5 Å². The summed E-state index contributed by atoms with van der Waals surface area (Å²) in [6, 6.07) is 0.846. The molecule has 1 spiro atoms. The molecule has 1 atom stereocenters. The zero-order chi connectivity index (χ0) is 11.1. The molecule has 1 saturated carbocycles. The zero-order valence-electron chi connectivity index (χ0n) is 11.0. The Hall–Kier alpha value is -0.0400. The normalized spacial score (nSPS) is 31.6. The van der Waals surface area contributed by atoms with Gasteiger partial charge < -0.3 is 0 Å². The minimum absolute atomic E-state index is 0.367. The van der Waals surface area contributed by atoms with E-state index < -0.39 is 0 Å². The average Bonchev–Trinajstić information content (AvgIpc) is 2.13. The molecular weight excluding hydrogens is 182 g/mol. The van der Waals surface area contributed by atoms with Gasteiger partial charge in [-0.05, 0) is 64.8 Å². The van der Waals surface area contributed by atoms with Gasteiger partial charge in [-0.15, -0.1) is 0 Å². The first-order valence-electron chi connectivity index (χ1n) is 6.74. The van der Waals surface area contributed by atoms with E-state index in [-0.39, 0.29) is 0 Å². The van der Waals surface area contributed by atoms with Crippen LogP contribution in [0, 0.1) is 5.41 Å². The number of rotatable bonds is 1. The molecule has 1 saturated heterocycles. The fraction of sp³-hybridized carbons (Fsp3) is 1.00. The molecule has 1 heterocycles. The second kappa shape index (κ2) is 3.76. The highest BCUT2D eigenvalue weighted by Gasteiger charge is 2.45. The van der Waals surface area contributed by atoms with Crippen molar-refractivity contribution >= 4 is 0 Å². The second-order valence-corrected chi connectivity index (χ2v) is 6.73. The highest BCUT2D eigenvalue weighted by molar-refractivity contribution is 4.98. The van der Waals surface area contributed by atoms with E-state index in [1.165, 1.54) is 45.1 Å². The molecule has 1 aliphatic carbocycles. The molecule has 2 rings (SSSR count). The van der Waals surface area contributed by atoms with Crippen molar-refractivity contribution < 1.29 is 0 Å². The van der Waals surface area contributed by atoms with E-state index in [1.54, 1.807) is 0 Å². The van der Waals surface area contributed by atoms with Crippen LogP contribution in [-0.4, -0.2) is 23.0 Å². The number of nitrogens with zero attached hydrogens (tertiary/aromatic N) is 1. The van der Waals surface area contributed by atoms with Gasteiger partial charge in [0, 0.05) is 11.6 Å². The molecule has 2 fully saturated rings. The topological polar surface area (TPSA) is 3.24 Å². The lowest BCUT2D eigenvalue weighted by Gasteiger charge is -2.55. The fourth-order valence-electron chi connectivity index (χ4n) is 3.63. The van der Waals surface area contributed by atoms with Crippen LogP contribution in [0.2, 0.25) is 0 Å². The fourth-order valence-corrected chi connectivity index (χ4v) is 3.63. The van der Waals surface area contributed by atoms with Gasteiger partial charge in [-0.25, -0.2) is 0 Å². The number of hydrogen-bond donors (Lipinski definition) is 0. The van der Waals surface area contributed by atoms with Gasteiger partial charge in [-0.2, -0.15) is 0 Å². The predicted octanol–water partition coefficient (Wildman–Crippen LogP) is 3.83. The van der Waals surface area contributed by atoms with Crippen molar-refractivity contribution in [3.8, 4) is 0 Å². The van der Waals surface area contributed by atoms with E-state index >= 15 is 0 Å². The van der Waals surface area contributed by atoms with Gasteiger partial charge in [0.25, 0.3) is 0 Å². The molecular formula is C14H27N. The number of hydrogen-bond acceptors (Lipinski definition) is 1. The molecule has 1 aliphatic heterocycles. The molecule has 1 unspecified atom stereocenters. The van der Waals surface area contributed by atoms with Crippen LogP contribution in [-0.2, 0) is 0 Å². The third-order valence-electron chi connectivity index (χ3n) is 4.74. The summed E-state index contributed by atoms with van der Waals surface area (Å²) >= 11 is 0. The van der Waals surface area contributed by atoms with Crippen LogP contribution in [0.25, 0.3) is 0 Å². The predicted molar refractivity (Wildman–Crippen MR) is 66.1 cm³/mol. The van der Waals surface area contributed by atoms with Gasteiger partial charge in [0.2, 0.25) is 0 Å². The van der Waals surface area contributed by atoms with Gasteiger partial charge >= 0.3 is 0 Å². The van der Waals surface area contributed by atoms with Crippen LogP contribution in [0.3, 0.4) is 0 Å². The number of piperidine rings is 1. The molecule has 15 heavy (non-hydrogen) atoms. The Labute approximate surface area is 95.2 Å². The first kappa shape index (κ1) is 11.4. The molecule has 0 aromatic carbocycles. The maximum absolute atomic E-state index is 2.75. The van der Waals surface area contributed by atoms with E-state index in [2.05, 4.69) is 32.6 Å². The summed E-state index contributed by atoms with van der Waals surface area (Å²) in [5, 5.41) is 0. The van der Waals surface area contributed by atoms with E-state index in [4.69, 9.17) is 0 Å². The summed E-state index contributed by atoms with van der Waals surface area (Å²) in [5.74, 6) is 0. The van der Waals surface area contributed by atoms with Crippen molar-refractivity contribution in [2.75, 3.05) is 6.54 Å². The van der Waals surface area contributed by atoms with Gasteiger partial charge in [-0.1, -0.05) is 13.3 Å². The maximum atomic E-state index is 2.75. The molecule has 0 N–H and O–H groups in total. The molecule has 0 aromatic heterocycles. The van der Waals surface area contributed by atoms with Crippen molar-refractivity contribution in [3.05, 3.63) is 0 Å². The van der Waals surface area contributed by atoms with Crippen LogP contribution in [0.1, 0.15) is 66.2 Å². The first-order chi connectivity index (χ1) is 6.97. The second-order valence-electron chi connectivity index (χ2n) is 6.73. The van der Waals surface area contributed by atoms with Crippen LogP contribution >= 0.6 is 0 Å². The van der Waals surface area contributed by atoms with E-state index in [9.17, 15) is 0 Å². The lowest BCUT2D eigenvalue weighted by Crippen LogP contribution is -2.56. The van der Waals surface area contributed by atoms with Crippen LogP contribution < -0.4 is 0 Å². The van der Waals surface area contributed by atoms with Crippen molar-refractivity contribution in [1.29, 1.82) is 0 Å². The van der Waals surface area contributed by atoms with Crippen LogP contribution in [0.15, 0.2) is 0 Å². The lowest BCUT2D eigenvalue weighted by atomic mass is 9.61. The van der Waals surface area contributed by atoms with Gasteiger partial charge in [-0.3, -0.25) is 4.90 Å². The van der Waals surface area contributed by atoms with E-state index in [0.29, 0.717) is 5.54 Å². The minimum Gasteiger partial charge on any atom is -0.296 e. The highest BCUT2D eigenvalue weighted by atomic mass is 15.2. The summed E-state index contributed by atoms with van der Waals surface area (Å²) in [6.45, 7) is 10.8. The van der Waals surface area contributed by atoms with Crippen LogP contribution in [0.5, 0.6) is 0 Å². The first-order valence-corrected chi connectivity index (χ1v) is 6.74. The van der Waals surface area contributed by atoms with Gasteiger partial charge in [0.05, 0.1) is 0 Å². The molecule has 0 radical (unpaired) electrons. The lowest BCUT2D eigenvalue weighted by molar-refractivity contribution is -0.0443.